The minimum atomic E-state index is -0.738. The molecule has 22 heavy (non-hydrogen) atoms. The van der Waals surface area contributed by atoms with Crippen molar-refractivity contribution >= 4 is 28.2 Å². The minimum Gasteiger partial charge on any atom is -0.481 e. The number of rotatable bonds is 5. The number of anilines is 1. The van der Waals surface area contributed by atoms with E-state index >= 15 is 0 Å². The predicted molar refractivity (Wildman–Crippen MR) is 82.0 cm³/mol. The molecule has 0 unspecified atom stereocenters. The van der Waals surface area contributed by atoms with E-state index in [1.54, 1.807) is 36.6 Å². The number of hydrogen-bond donors (Lipinski definition) is 1. The van der Waals surface area contributed by atoms with E-state index in [1.165, 1.54) is 18.3 Å². The number of hydrogen-bond acceptors (Lipinski definition) is 6. The summed E-state index contributed by atoms with van der Waals surface area (Å²) in [5.74, 6) is -0.0299. The van der Waals surface area contributed by atoms with E-state index in [0.29, 0.717) is 22.1 Å². The van der Waals surface area contributed by atoms with Crippen molar-refractivity contribution in [3.05, 3.63) is 40.9 Å². The number of carbonyl (C=O) groups is 2. The van der Waals surface area contributed by atoms with E-state index in [9.17, 15) is 9.59 Å². The van der Waals surface area contributed by atoms with Crippen LogP contribution in [-0.4, -0.2) is 22.8 Å². The van der Waals surface area contributed by atoms with Gasteiger partial charge in [-0.1, -0.05) is 0 Å². The van der Waals surface area contributed by atoms with Crippen LogP contribution in [0.4, 0.5) is 5.13 Å². The van der Waals surface area contributed by atoms with Crippen LogP contribution in [0.15, 0.2) is 29.6 Å². The molecule has 0 spiro atoms. The van der Waals surface area contributed by atoms with Crippen molar-refractivity contribution in [2.24, 2.45) is 0 Å². The van der Waals surface area contributed by atoms with Crippen LogP contribution in [0.2, 0.25) is 0 Å². The van der Waals surface area contributed by atoms with Gasteiger partial charge >= 0.3 is 0 Å². The summed E-state index contributed by atoms with van der Waals surface area (Å²) in [6, 6.07) is 8.48. The van der Waals surface area contributed by atoms with E-state index in [2.05, 4.69) is 10.3 Å². The van der Waals surface area contributed by atoms with Gasteiger partial charge < -0.3 is 4.74 Å². The molecule has 1 aromatic carbocycles. The summed E-state index contributed by atoms with van der Waals surface area (Å²) in [7, 11) is 0. The molecule has 0 bridgehead atoms. The van der Waals surface area contributed by atoms with Crippen LogP contribution in [0.1, 0.15) is 29.9 Å². The molecule has 1 N–H and O–H groups in total. The van der Waals surface area contributed by atoms with E-state index in [0.717, 1.165) is 0 Å². The van der Waals surface area contributed by atoms with Gasteiger partial charge in [0.05, 0.1) is 11.6 Å². The molecule has 2 aromatic rings. The lowest BCUT2D eigenvalue weighted by atomic mass is 10.2. The average molecular weight is 315 g/mol. The Morgan fingerprint density at radius 3 is 2.59 bits per heavy atom. The van der Waals surface area contributed by atoms with Gasteiger partial charge in [-0.2, -0.15) is 5.26 Å². The number of thiazole rings is 1. The highest BCUT2D eigenvalue weighted by molar-refractivity contribution is 7.14. The number of aromatic nitrogens is 1. The first-order valence-electron chi connectivity index (χ1n) is 6.43. The summed E-state index contributed by atoms with van der Waals surface area (Å²) in [5.41, 5.74) is 0.838. The Hall–Kier alpha value is -2.72. The monoisotopic (exact) mass is 315 g/mol. The first-order valence-corrected chi connectivity index (χ1v) is 7.31. The molecule has 6 nitrogen and oxygen atoms in total. The molecule has 0 aliphatic rings. The van der Waals surface area contributed by atoms with Crippen LogP contribution in [0, 0.1) is 11.3 Å². The quantitative estimate of drug-likeness (QED) is 0.856. The highest BCUT2D eigenvalue weighted by Gasteiger charge is 2.17. The molecule has 2 rings (SSSR count). The summed E-state index contributed by atoms with van der Waals surface area (Å²) in [6.07, 6.45) is -0.738. The van der Waals surface area contributed by atoms with Crippen molar-refractivity contribution < 1.29 is 14.3 Å². The fourth-order valence-corrected chi connectivity index (χ4v) is 2.32. The van der Waals surface area contributed by atoms with Gasteiger partial charge in [0.1, 0.15) is 11.4 Å². The van der Waals surface area contributed by atoms with Crippen LogP contribution in [0.5, 0.6) is 5.75 Å². The van der Waals surface area contributed by atoms with Crippen molar-refractivity contribution in [1.82, 2.24) is 4.98 Å². The third-order valence-electron chi connectivity index (χ3n) is 2.76. The summed E-state index contributed by atoms with van der Waals surface area (Å²) in [4.78, 5) is 27.2. The van der Waals surface area contributed by atoms with Crippen molar-refractivity contribution in [2.45, 2.75) is 20.0 Å². The fourth-order valence-electron chi connectivity index (χ4n) is 1.57. The predicted octanol–water partition coefficient (Wildman–Crippen LogP) is 2.62. The number of ketones is 1. The van der Waals surface area contributed by atoms with Gasteiger partial charge in [0.2, 0.25) is 0 Å². The van der Waals surface area contributed by atoms with Crippen molar-refractivity contribution in [3.8, 4) is 11.8 Å². The van der Waals surface area contributed by atoms with Crippen molar-refractivity contribution in [1.29, 1.82) is 5.26 Å². The van der Waals surface area contributed by atoms with Crippen LogP contribution >= 0.6 is 11.3 Å². The van der Waals surface area contributed by atoms with E-state index in [1.807, 2.05) is 6.07 Å². The molecule has 1 aromatic heterocycles. The topological polar surface area (TPSA) is 92.1 Å². The third-order valence-corrected chi connectivity index (χ3v) is 3.52. The standard InChI is InChI=1S/C15H13N3O3S/c1-9(19)13-8-22-15(17-13)18-14(20)10(2)21-12-5-3-11(7-16)4-6-12/h3-6,8,10H,1-2H3,(H,17,18,20)/t10-/m0/s1. The molecule has 0 aliphatic carbocycles. The van der Waals surface area contributed by atoms with Crippen LogP contribution in [0.25, 0.3) is 0 Å². The molecule has 1 atom stereocenters. The Morgan fingerprint density at radius 2 is 2.05 bits per heavy atom. The second kappa shape index (κ2) is 6.83. The third kappa shape index (κ3) is 3.90. The molecule has 1 amide bonds. The Bertz CT molecular complexity index is 731. The number of nitrogens with zero attached hydrogens (tertiary/aromatic N) is 2. The van der Waals surface area contributed by atoms with Gasteiger partial charge in [0.25, 0.3) is 5.91 Å². The average Bonchev–Trinajstić information content (AvgIpc) is 2.96. The molecule has 112 valence electrons. The second-order valence-corrected chi connectivity index (χ2v) is 5.34. The summed E-state index contributed by atoms with van der Waals surface area (Å²) in [5, 5.41) is 13.3. The molecular weight excluding hydrogens is 302 g/mol. The Balaban J connectivity index is 1.96. The summed E-state index contributed by atoms with van der Waals surface area (Å²) in [6.45, 7) is 3.02. The number of benzene rings is 1. The Morgan fingerprint density at radius 1 is 1.36 bits per heavy atom. The highest BCUT2D eigenvalue weighted by Crippen LogP contribution is 2.17. The van der Waals surface area contributed by atoms with Crippen LogP contribution in [-0.2, 0) is 4.79 Å². The Labute approximate surface area is 131 Å². The largest absolute Gasteiger partial charge is 0.481 e. The molecule has 0 fully saturated rings. The maximum atomic E-state index is 12.0. The highest BCUT2D eigenvalue weighted by atomic mass is 32.1. The van der Waals surface area contributed by atoms with Gasteiger partial charge in [0, 0.05) is 12.3 Å². The van der Waals surface area contributed by atoms with Gasteiger partial charge in [-0.15, -0.1) is 11.3 Å². The molecule has 7 heteroatoms. The van der Waals surface area contributed by atoms with E-state index in [-0.39, 0.29) is 11.7 Å². The molecular formula is C15H13N3O3S. The zero-order valence-corrected chi connectivity index (χ0v) is 12.8. The van der Waals surface area contributed by atoms with E-state index < -0.39 is 6.10 Å². The lowest BCUT2D eigenvalue weighted by Gasteiger charge is -2.13. The van der Waals surface area contributed by atoms with Gasteiger partial charge in [0.15, 0.2) is 17.0 Å². The van der Waals surface area contributed by atoms with Gasteiger partial charge in [-0.3, -0.25) is 14.9 Å². The number of ether oxygens (including phenoxy) is 1. The number of nitrogens with one attached hydrogen (secondary N) is 1. The normalized spacial score (nSPS) is 11.3. The first-order chi connectivity index (χ1) is 10.5. The maximum Gasteiger partial charge on any atom is 0.266 e. The summed E-state index contributed by atoms with van der Waals surface area (Å²) >= 11 is 1.18. The Kier molecular flexibility index (Phi) is 4.86. The minimum absolute atomic E-state index is 0.154. The number of carbonyl (C=O) groups excluding carboxylic acids is 2. The second-order valence-electron chi connectivity index (χ2n) is 4.48. The SMILES string of the molecule is CC(=O)c1csc(NC(=O)[C@H](C)Oc2ccc(C#N)cc2)n1. The smallest absolute Gasteiger partial charge is 0.266 e. The van der Waals surface area contributed by atoms with E-state index in [4.69, 9.17) is 10.00 Å². The fraction of sp³-hybridized carbons (Fsp3) is 0.200. The number of nitriles is 1. The number of Topliss-reactive ketones (excluding diaryl/α,β-unsaturated/α-hetero) is 1. The van der Waals surface area contributed by atoms with Crippen LogP contribution in [0.3, 0.4) is 0 Å². The molecule has 0 aliphatic heterocycles. The number of amides is 1. The maximum absolute atomic E-state index is 12.0. The van der Waals surface area contributed by atoms with Gasteiger partial charge in [-0.05, 0) is 31.2 Å². The first kappa shape index (κ1) is 15.7. The lowest BCUT2D eigenvalue weighted by molar-refractivity contribution is -0.122. The van der Waals surface area contributed by atoms with Gasteiger partial charge in [-0.25, -0.2) is 4.98 Å². The molecule has 0 saturated heterocycles. The summed E-state index contributed by atoms with van der Waals surface area (Å²) < 4.78 is 5.49. The molecule has 0 radical (unpaired) electrons. The van der Waals surface area contributed by atoms with Crippen LogP contribution < -0.4 is 10.1 Å². The molecule has 0 saturated carbocycles. The lowest BCUT2D eigenvalue weighted by Crippen LogP contribution is -2.30. The zero-order valence-electron chi connectivity index (χ0n) is 12.0. The molecule has 1 heterocycles. The van der Waals surface area contributed by atoms with Crippen molar-refractivity contribution in [2.75, 3.05) is 5.32 Å². The van der Waals surface area contributed by atoms with Crippen molar-refractivity contribution in [3.63, 3.8) is 0 Å². The zero-order chi connectivity index (χ0) is 16.1.